The minimum absolute atomic E-state index is 0.0110. The summed E-state index contributed by atoms with van der Waals surface area (Å²) in [7, 11) is 4.74. The molecule has 8 heteroatoms. The van der Waals surface area contributed by atoms with Crippen LogP contribution in [0.25, 0.3) is 33.5 Å². The van der Waals surface area contributed by atoms with Crippen LogP contribution in [-0.2, 0) is 13.0 Å². The second-order valence-corrected chi connectivity index (χ2v) is 8.17. The Hall–Kier alpha value is -4.59. The number of nitrogens with zero attached hydrogens (tertiary/aromatic N) is 2. The lowest BCUT2D eigenvalue weighted by atomic mass is 10.1. The van der Waals surface area contributed by atoms with E-state index in [1.807, 2.05) is 30.3 Å². The van der Waals surface area contributed by atoms with Crippen LogP contribution in [0.2, 0.25) is 0 Å². The summed E-state index contributed by atoms with van der Waals surface area (Å²) < 4.78 is 23.4. The summed E-state index contributed by atoms with van der Waals surface area (Å²) in [5, 5.41) is 0.269. The van der Waals surface area contributed by atoms with Crippen LogP contribution in [0.3, 0.4) is 0 Å². The summed E-state index contributed by atoms with van der Waals surface area (Å²) >= 11 is 0. The Morgan fingerprint density at radius 3 is 2.33 bits per heavy atom. The number of methoxy groups -OCH3 is 3. The second-order valence-electron chi connectivity index (χ2n) is 8.17. The van der Waals surface area contributed by atoms with Crippen molar-refractivity contribution in [3.63, 3.8) is 0 Å². The van der Waals surface area contributed by atoms with Gasteiger partial charge >= 0.3 is 0 Å². The first kappa shape index (κ1) is 23.2. The van der Waals surface area contributed by atoms with Gasteiger partial charge in [-0.25, -0.2) is 0 Å². The number of hydrogen-bond acceptors (Lipinski definition) is 7. The summed E-state index contributed by atoms with van der Waals surface area (Å²) in [4.78, 5) is 31.7. The van der Waals surface area contributed by atoms with Gasteiger partial charge in [-0.3, -0.25) is 14.2 Å². The molecule has 182 valence electrons. The van der Waals surface area contributed by atoms with Gasteiger partial charge in [0.05, 0.1) is 26.7 Å². The third-order valence-corrected chi connectivity index (χ3v) is 6.12. The van der Waals surface area contributed by atoms with Crippen LogP contribution in [0.15, 0.2) is 80.7 Å². The van der Waals surface area contributed by atoms with Crippen LogP contribution in [-0.4, -0.2) is 30.9 Å². The molecule has 0 amide bonds. The van der Waals surface area contributed by atoms with Crippen molar-refractivity contribution in [3.05, 3.63) is 92.9 Å². The molecule has 0 atom stereocenters. The molecule has 5 rings (SSSR count). The maximum Gasteiger partial charge on any atom is 0.269 e. The molecule has 2 aromatic heterocycles. The SMILES string of the molecule is COc1ccc(-c2nc3oc4ccccc4c(=O)c3c(=O)n2CCc2ccc(OC)c(OC)c2)cc1. The van der Waals surface area contributed by atoms with Crippen molar-refractivity contribution in [3.8, 4) is 28.6 Å². The van der Waals surface area contributed by atoms with E-state index < -0.39 is 11.0 Å². The third kappa shape index (κ3) is 4.07. The largest absolute Gasteiger partial charge is 0.497 e. The fourth-order valence-corrected chi connectivity index (χ4v) is 4.23. The molecule has 3 aromatic carbocycles. The predicted molar refractivity (Wildman–Crippen MR) is 137 cm³/mol. The van der Waals surface area contributed by atoms with Gasteiger partial charge in [0.25, 0.3) is 5.56 Å². The van der Waals surface area contributed by atoms with Crippen molar-refractivity contribution in [2.45, 2.75) is 13.0 Å². The lowest BCUT2D eigenvalue weighted by Crippen LogP contribution is -2.28. The molecule has 0 bridgehead atoms. The lowest BCUT2D eigenvalue weighted by Gasteiger charge is -2.15. The predicted octanol–water partition coefficient (Wildman–Crippen LogP) is 4.44. The molecule has 0 aliphatic carbocycles. The molecule has 0 aliphatic rings. The molecule has 8 nitrogen and oxygen atoms in total. The van der Waals surface area contributed by atoms with Crippen molar-refractivity contribution in [1.29, 1.82) is 0 Å². The number of rotatable bonds is 7. The third-order valence-electron chi connectivity index (χ3n) is 6.12. The molecule has 0 unspecified atom stereocenters. The van der Waals surface area contributed by atoms with E-state index in [0.29, 0.717) is 46.0 Å². The van der Waals surface area contributed by atoms with E-state index in [9.17, 15) is 9.59 Å². The number of para-hydroxylation sites is 1. The number of fused-ring (bicyclic) bond motifs is 2. The Morgan fingerprint density at radius 1 is 0.861 bits per heavy atom. The van der Waals surface area contributed by atoms with Crippen LogP contribution in [0.5, 0.6) is 17.2 Å². The first-order valence-electron chi connectivity index (χ1n) is 11.4. The van der Waals surface area contributed by atoms with Crippen LogP contribution in [0.1, 0.15) is 5.56 Å². The molecule has 0 radical (unpaired) electrons. The number of ether oxygens (including phenoxy) is 3. The summed E-state index contributed by atoms with van der Waals surface area (Å²) in [5.74, 6) is 2.29. The zero-order valence-corrected chi connectivity index (χ0v) is 20.1. The normalized spacial score (nSPS) is 11.1. The first-order chi connectivity index (χ1) is 17.5. The zero-order valence-electron chi connectivity index (χ0n) is 20.1. The quantitative estimate of drug-likeness (QED) is 0.315. The van der Waals surface area contributed by atoms with E-state index in [-0.39, 0.29) is 17.6 Å². The molecule has 0 fully saturated rings. The van der Waals surface area contributed by atoms with Crippen molar-refractivity contribution < 1.29 is 18.6 Å². The minimum Gasteiger partial charge on any atom is -0.497 e. The van der Waals surface area contributed by atoms with Crippen LogP contribution >= 0.6 is 0 Å². The minimum atomic E-state index is -0.453. The highest BCUT2D eigenvalue weighted by Gasteiger charge is 2.19. The van der Waals surface area contributed by atoms with Crippen LogP contribution in [0.4, 0.5) is 0 Å². The van der Waals surface area contributed by atoms with Gasteiger partial charge in [-0.05, 0) is 60.5 Å². The first-order valence-corrected chi connectivity index (χ1v) is 11.4. The standard InChI is InChI=1S/C28H24N2O6/c1-33-19-11-9-18(10-12-19)26-29-27-24(25(31)20-6-4-5-7-21(20)36-27)28(32)30(26)15-14-17-8-13-22(34-2)23(16-17)35-3/h4-13,16H,14-15H2,1-3H3. The highest BCUT2D eigenvalue weighted by molar-refractivity contribution is 5.88. The fraction of sp³-hybridized carbons (Fsp3) is 0.179. The van der Waals surface area contributed by atoms with Gasteiger partial charge in [-0.1, -0.05) is 18.2 Å². The zero-order chi connectivity index (χ0) is 25.2. The molecule has 2 heterocycles. The van der Waals surface area contributed by atoms with Crippen LogP contribution < -0.4 is 25.2 Å². The number of aromatic nitrogens is 2. The molecule has 0 spiro atoms. The van der Waals surface area contributed by atoms with E-state index in [1.54, 1.807) is 57.7 Å². The van der Waals surface area contributed by atoms with E-state index >= 15 is 0 Å². The van der Waals surface area contributed by atoms with Crippen molar-refractivity contribution in [2.75, 3.05) is 21.3 Å². The summed E-state index contributed by atoms with van der Waals surface area (Å²) in [5.41, 5.74) is 1.17. The van der Waals surface area contributed by atoms with Gasteiger partial charge in [-0.2, -0.15) is 4.98 Å². The topological polar surface area (TPSA) is 92.8 Å². The highest BCUT2D eigenvalue weighted by atomic mass is 16.5. The molecule has 0 saturated carbocycles. The Morgan fingerprint density at radius 2 is 1.61 bits per heavy atom. The summed E-state index contributed by atoms with van der Waals surface area (Å²) in [6.45, 7) is 0.283. The van der Waals surface area contributed by atoms with Gasteiger partial charge in [0.2, 0.25) is 11.1 Å². The Labute approximate surface area is 206 Å². The second kappa shape index (κ2) is 9.58. The molecular formula is C28H24N2O6. The smallest absolute Gasteiger partial charge is 0.269 e. The molecule has 0 aliphatic heterocycles. The molecule has 36 heavy (non-hydrogen) atoms. The van der Waals surface area contributed by atoms with Gasteiger partial charge < -0.3 is 18.6 Å². The fourth-order valence-electron chi connectivity index (χ4n) is 4.23. The highest BCUT2D eigenvalue weighted by Crippen LogP contribution is 2.28. The average Bonchev–Trinajstić information content (AvgIpc) is 2.92. The van der Waals surface area contributed by atoms with Gasteiger partial charge in [0.15, 0.2) is 16.9 Å². The average molecular weight is 485 g/mol. The summed E-state index contributed by atoms with van der Waals surface area (Å²) in [6, 6.07) is 19.7. The Kier molecular flexibility index (Phi) is 6.16. The van der Waals surface area contributed by atoms with Crippen molar-refractivity contribution in [2.24, 2.45) is 0 Å². The number of hydrogen-bond donors (Lipinski definition) is 0. The van der Waals surface area contributed by atoms with Crippen molar-refractivity contribution >= 4 is 22.1 Å². The van der Waals surface area contributed by atoms with Crippen molar-refractivity contribution in [1.82, 2.24) is 9.55 Å². The Bertz CT molecular complexity index is 1690. The van der Waals surface area contributed by atoms with Gasteiger partial charge in [0, 0.05) is 12.1 Å². The summed E-state index contributed by atoms with van der Waals surface area (Å²) in [6.07, 6.45) is 0.496. The van der Waals surface area contributed by atoms with E-state index in [2.05, 4.69) is 4.98 Å². The van der Waals surface area contributed by atoms with E-state index in [1.165, 1.54) is 4.57 Å². The molecule has 0 N–H and O–H groups in total. The van der Waals surface area contributed by atoms with E-state index in [4.69, 9.17) is 18.6 Å². The van der Waals surface area contributed by atoms with E-state index in [0.717, 1.165) is 5.56 Å². The molecular weight excluding hydrogens is 460 g/mol. The lowest BCUT2D eigenvalue weighted by molar-refractivity contribution is 0.354. The van der Waals surface area contributed by atoms with Gasteiger partial charge in [0.1, 0.15) is 17.2 Å². The van der Waals surface area contributed by atoms with Gasteiger partial charge in [-0.15, -0.1) is 0 Å². The number of aryl methyl sites for hydroxylation is 1. The monoisotopic (exact) mass is 484 g/mol. The molecule has 5 aromatic rings. The Balaban J connectivity index is 1.68. The molecule has 0 saturated heterocycles. The maximum atomic E-state index is 13.7. The van der Waals surface area contributed by atoms with Crippen LogP contribution in [0, 0.1) is 0 Å². The number of benzene rings is 3. The maximum absolute atomic E-state index is 13.7.